The molecule has 0 heterocycles. The highest BCUT2D eigenvalue weighted by atomic mass is 28.3. The van der Waals surface area contributed by atoms with Gasteiger partial charge in [0, 0.05) is 5.04 Å². The van der Waals surface area contributed by atoms with E-state index in [1.165, 1.54) is 38.6 Å². The Hall–Kier alpha value is -2.43. The van der Waals surface area contributed by atoms with Crippen LogP contribution in [0.4, 0.5) is 0 Å². The van der Waals surface area contributed by atoms with Gasteiger partial charge in [-0.15, -0.1) is 0 Å². The fourth-order valence-electron chi connectivity index (χ4n) is 6.44. The Morgan fingerprint density at radius 3 is 1.80 bits per heavy atom. The highest BCUT2D eigenvalue weighted by molar-refractivity contribution is 7.14. The molecule has 35 heavy (non-hydrogen) atoms. The largest absolute Gasteiger partial charge is 0.162 e. The first-order valence-corrected chi connectivity index (χ1v) is 18.5. The lowest BCUT2D eigenvalue weighted by Gasteiger charge is -2.48. The van der Waals surface area contributed by atoms with Crippen LogP contribution in [0.25, 0.3) is 0 Å². The first kappa shape index (κ1) is 25.7. The molecule has 182 valence electrons. The molecule has 0 spiro atoms. The number of benzene rings is 3. The van der Waals surface area contributed by atoms with Crippen molar-refractivity contribution in [3.8, 4) is 0 Å². The third-order valence-electron chi connectivity index (χ3n) is 8.59. The Balaban J connectivity index is 2.27. The Labute approximate surface area is 215 Å². The van der Waals surface area contributed by atoms with Gasteiger partial charge in [-0.25, -0.2) is 0 Å². The molecule has 0 amide bonds. The molecule has 0 fully saturated rings. The third kappa shape index (κ3) is 4.05. The molecular formula is C33H42Si2. The highest BCUT2D eigenvalue weighted by Crippen LogP contribution is 2.53. The van der Waals surface area contributed by atoms with Crippen LogP contribution in [0.1, 0.15) is 44.4 Å². The van der Waals surface area contributed by atoms with Gasteiger partial charge in [-0.2, -0.15) is 0 Å². The maximum Gasteiger partial charge on any atom is 0.162 e. The minimum Gasteiger partial charge on any atom is -0.0730 e. The predicted octanol–water partition coefficient (Wildman–Crippen LogP) is 6.68. The Bertz CT molecular complexity index is 1340. The summed E-state index contributed by atoms with van der Waals surface area (Å²) in [6, 6.07) is 26.3. The van der Waals surface area contributed by atoms with E-state index >= 15 is 0 Å². The molecule has 1 aliphatic rings. The smallest absolute Gasteiger partial charge is 0.0730 e. The molecule has 0 aliphatic heterocycles. The molecule has 3 aromatic carbocycles. The standard InChI is InChI=1S/C33H42Si2/c1-23-16-17-32(25(3)18-23)35(29-14-12-11-13-15-29,33(7)22-26(4)27(5)28(33)6)31-20-24(2)19-30(21-31)34(8,9)10/h11-22H,1-10H3. The normalized spacial score (nSPS) is 20.1. The van der Waals surface area contributed by atoms with Crippen LogP contribution in [-0.4, -0.2) is 16.1 Å². The van der Waals surface area contributed by atoms with Crippen molar-refractivity contribution in [2.75, 3.05) is 0 Å². The number of hydrogen-bond acceptors (Lipinski definition) is 0. The summed E-state index contributed by atoms with van der Waals surface area (Å²) in [5.41, 5.74) is 8.56. The zero-order valence-electron chi connectivity index (χ0n) is 23.4. The second-order valence-corrected chi connectivity index (χ2v) is 21.4. The van der Waals surface area contributed by atoms with Crippen LogP contribution in [0.15, 0.2) is 89.5 Å². The van der Waals surface area contributed by atoms with Crippen LogP contribution in [0, 0.1) is 20.8 Å². The molecule has 0 aromatic heterocycles. The summed E-state index contributed by atoms with van der Waals surface area (Å²) in [6.45, 7) is 23.8. The highest BCUT2D eigenvalue weighted by Gasteiger charge is 2.56. The van der Waals surface area contributed by atoms with Crippen molar-refractivity contribution in [3.05, 3.63) is 106 Å². The lowest BCUT2D eigenvalue weighted by atomic mass is 10.0. The van der Waals surface area contributed by atoms with E-state index in [1.54, 1.807) is 15.6 Å². The summed E-state index contributed by atoms with van der Waals surface area (Å²) in [6.07, 6.45) is 2.62. The van der Waals surface area contributed by atoms with Gasteiger partial charge >= 0.3 is 0 Å². The zero-order valence-corrected chi connectivity index (χ0v) is 25.4. The summed E-state index contributed by atoms with van der Waals surface area (Å²) in [4.78, 5) is 0. The van der Waals surface area contributed by atoms with Crippen molar-refractivity contribution in [2.45, 2.75) is 73.1 Å². The molecule has 2 unspecified atom stereocenters. The molecule has 4 rings (SSSR count). The number of rotatable bonds is 5. The van der Waals surface area contributed by atoms with Crippen molar-refractivity contribution in [3.63, 3.8) is 0 Å². The van der Waals surface area contributed by atoms with E-state index in [0.717, 1.165) is 0 Å². The lowest BCUT2D eigenvalue weighted by Crippen LogP contribution is -2.74. The molecule has 0 saturated heterocycles. The van der Waals surface area contributed by atoms with E-state index in [4.69, 9.17) is 0 Å². The van der Waals surface area contributed by atoms with E-state index < -0.39 is 16.1 Å². The van der Waals surface area contributed by atoms with Gasteiger partial charge in [-0.3, -0.25) is 0 Å². The molecular weight excluding hydrogens is 453 g/mol. The van der Waals surface area contributed by atoms with Crippen molar-refractivity contribution < 1.29 is 0 Å². The van der Waals surface area contributed by atoms with Gasteiger partial charge < -0.3 is 0 Å². The van der Waals surface area contributed by atoms with Gasteiger partial charge in [-0.05, 0) is 62.7 Å². The van der Waals surface area contributed by atoms with Crippen molar-refractivity contribution in [1.82, 2.24) is 0 Å². The fraction of sp³-hybridized carbons (Fsp3) is 0.333. The van der Waals surface area contributed by atoms with Gasteiger partial charge in [-0.1, -0.05) is 132 Å². The second kappa shape index (κ2) is 8.90. The minimum absolute atomic E-state index is 0.0625. The summed E-state index contributed by atoms with van der Waals surface area (Å²) >= 11 is 0. The van der Waals surface area contributed by atoms with Gasteiger partial charge in [0.05, 0.1) is 8.07 Å². The van der Waals surface area contributed by atoms with Crippen LogP contribution in [-0.2, 0) is 0 Å². The maximum atomic E-state index is 2.62. The molecule has 0 bridgehead atoms. The quantitative estimate of drug-likeness (QED) is 0.274. The predicted molar refractivity (Wildman–Crippen MR) is 162 cm³/mol. The summed E-state index contributed by atoms with van der Waals surface area (Å²) in [7, 11) is -4.10. The number of allylic oxidation sites excluding steroid dienone is 4. The van der Waals surface area contributed by atoms with E-state index in [9.17, 15) is 0 Å². The van der Waals surface area contributed by atoms with Crippen LogP contribution >= 0.6 is 0 Å². The first-order valence-electron chi connectivity index (χ1n) is 13.0. The van der Waals surface area contributed by atoms with Gasteiger partial charge in [0.15, 0.2) is 8.07 Å². The first-order chi connectivity index (χ1) is 16.3. The maximum absolute atomic E-state index is 2.62. The number of aryl methyl sites for hydroxylation is 3. The molecule has 0 radical (unpaired) electrons. The van der Waals surface area contributed by atoms with Gasteiger partial charge in [0.2, 0.25) is 0 Å². The van der Waals surface area contributed by atoms with E-state index in [2.05, 4.69) is 141 Å². The molecule has 2 atom stereocenters. The second-order valence-electron chi connectivity index (χ2n) is 12.1. The molecule has 1 aliphatic carbocycles. The fourth-order valence-corrected chi connectivity index (χ4v) is 14.2. The monoisotopic (exact) mass is 494 g/mol. The summed E-state index contributed by atoms with van der Waals surface area (Å²) < 4.78 is 0. The van der Waals surface area contributed by atoms with Crippen LogP contribution < -0.4 is 20.7 Å². The Kier molecular flexibility index (Phi) is 6.53. The van der Waals surface area contributed by atoms with Gasteiger partial charge in [0.25, 0.3) is 0 Å². The van der Waals surface area contributed by atoms with Crippen LogP contribution in [0.5, 0.6) is 0 Å². The van der Waals surface area contributed by atoms with Crippen LogP contribution in [0.3, 0.4) is 0 Å². The minimum atomic E-state index is -2.58. The zero-order chi connectivity index (χ0) is 25.8. The Morgan fingerprint density at radius 1 is 0.629 bits per heavy atom. The topological polar surface area (TPSA) is 0 Å². The molecule has 0 saturated carbocycles. The third-order valence-corrected chi connectivity index (χ3v) is 16.4. The molecule has 2 heteroatoms. The van der Waals surface area contributed by atoms with Crippen LogP contribution in [0.2, 0.25) is 24.7 Å². The summed E-state index contributed by atoms with van der Waals surface area (Å²) in [5.74, 6) is 0. The lowest BCUT2D eigenvalue weighted by molar-refractivity contribution is 0.870. The molecule has 0 N–H and O–H groups in total. The molecule has 0 nitrogen and oxygen atoms in total. The van der Waals surface area contributed by atoms with E-state index in [-0.39, 0.29) is 5.04 Å². The number of hydrogen-bond donors (Lipinski definition) is 0. The molecule has 3 aromatic rings. The Morgan fingerprint density at radius 2 is 1.26 bits per heavy atom. The SMILES string of the molecule is CC1=CC(C)([Si](c2ccccc2)(c2cc(C)cc([Si](C)(C)C)c2)c2ccc(C)cc2C)C(C)=C1C. The average molecular weight is 495 g/mol. The average Bonchev–Trinajstić information content (AvgIpc) is 2.98. The van der Waals surface area contributed by atoms with E-state index in [0.29, 0.717) is 0 Å². The summed E-state index contributed by atoms with van der Waals surface area (Å²) in [5, 5.41) is 6.09. The van der Waals surface area contributed by atoms with Crippen molar-refractivity contribution >= 4 is 36.9 Å². The van der Waals surface area contributed by atoms with Gasteiger partial charge in [0.1, 0.15) is 0 Å². The van der Waals surface area contributed by atoms with E-state index in [1.807, 2.05) is 0 Å². The van der Waals surface area contributed by atoms with Crippen molar-refractivity contribution in [2.24, 2.45) is 0 Å². The van der Waals surface area contributed by atoms with Crippen molar-refractivity contribution in [1.29, 1.82) is 0 Å².